The molecular formula is C11H7N3O2. The van der Waals surface area contributed by atoms with E-state index in [0.717, 1.165) is 0 Å². The van der Waals surface area contributed by atoms with Crippen molar-refractivity contribution in [2.24, 2.45) is 0 Å². The van der Waals surface area contributed by atoms with Crippen LogP contribution in [-0.4, -0.2) is 21.3 Å². The van der Waals surface area contributed by atoms with Crippen LogP contribution >= 0.6 is 0 Å². The molecule has 78 valence electrons. The second-order valence-electron chi connectivity index (χ2n) is 3.16. The van der Waals surface area contributed by atoms with Crippen LogP contribution in [0.5, 0.6) is 0 Å². The molecule has 0 aliphatic rings. The maximum absolute atomic E-state index is 10.9. The lowest BCUT2D eigenvalue weighted by Gasteiger charge is -1.99. The van der Waals surface area contributed by atoms with Crippen molar-refractivity contribution in [1.29, 1.82) is 5.26 Å². The Bertz CT molecular complexity index is 581. The summed E-state index contributed by atoms with van der Waals surface area (Å²) >= 11 is 0. The van der Waals surface area contributed by atoms with Gasteiger partial charge in [0.05, 0.1) is 23.5 Å². The first-order valence-electron chi connectivity index (χ1n) is 4.49. The first-order chi connectivity index (χ1) is 7.72. The predicted octanol–water partition coefficient (Wildman–Crippen LogP) is 1.65. The average molecular weight is 213 g/mol. The number of carboxylic acids is 1. The van der Waals surface area contributed by atoms with Crippen LogP contribution in [-0.2, 0) is 0 Å². The van der Waals surface area contributed by atoms with Crippen molar-refractivity contribution in [3.63, 3.8) is 0 Å². The number of aromatic nitrogens is 2. The fraction of sp³-hybridized carbons (Fsp3) is 0. The van der Waals surface area contributed by atoms with Gasteiger partial charge in [-0.25, -0.2) is 4.79 Å². The van der Waals surface area contributed by atoms with Crippen molar-refractivity contribution in [3.05, 3.63) is 41.6 Å². The lowest BCUT2D eigenvalue weighted by Crippen LogP contribution is -1.96. The molecule has 0 atom stereocenters. The molecule has 2 aromatic rings. The molecule has 2 N–H and O–H groups in total. The predicted molar refractivity (Wildman–Crippen MR) is 55.7 cm³/mol. The van der Waals surface area contributed by atoms with Gasteiger partial charge in [0.25, 0.3) is 0 Å². The Balaban J connectivity index is 2.55. The van der Waals surface area contributed by atoms with Crippen molar-refractivity contribution in [2.75, 3.05) is 0 Å². The molecule has 16 heavy (non-hydrogen) atoms. The van der Waals surface area contributed by atoms with Gasteiger partial charge in [-0.3, -0.25) is 5.10 Å². The third-order valence-corrected chi connectivity index (χ3v) is 2.15. The zero-order chi connectivity index (χ0) is 11.5. The van der Waals surface area contributed by atoms with E-state index in [1.807, 2.05) is 6.07 Å². The molecule has 5 heteroatoms. The number of carboxylic acid groups (broad SMARTS) is 1. The molecular weight excluding hydrogens is 206 g/mol. The lowest BCUT2D eigenvalue weighted by molar-refractivity contribution is 0.0698. The Labute approximate surface area is 91.0 Å². The normalized spacial score (nSPS) is 9.69. The van der Waals surface area contributed by atoms with Crippen LogP contribution in [0.4, 0.5) is 0 Å². The van der Waals surface area contributed by atoms with Crippen LogP contribution in [0, 0.1) is 11.3 Å². The van der Waals surface area contributed by atoms with Crippen LogP contribution in [0.25, 0.3) is 11.3 Å². The fourth-order valence-electron chi connectivity index (χ4n) is 1.41. The van der Waals surface area contributed by atoms with Gasteiger partial charge in [-0.2, -0.15) is 10.4 Å². The lowest BCUT2D eigenvalue weighted by atomic mass is 10.1. The van der Waals surface area contributed by atoms with Gasteiger partial charge in [0.15, 0.2) is 0 Å². The van der Waals surface area contributed by atoms with E-state index in [4.69, 9.17) is 10.4 Å². The molecule has 0 bridgehead atoms. The van der Waals surface area contributed by atoms with Gasteiger partial charge in [0.2, 0.25) is 0 Å². The first kappa shape index (κ1) is 9.93. The maximum atomic E-state index is 10.9. The average Bonchev–Trinajstić information content (AvgIpc) is 2.78. The summed E-state index contributed by atoms with van der Waals surface area (Å²) < 4.78 is 0. The molecule has 0 saturated heterocycles. The molecule has 0 saturated carbocycles. The molecule has 0 amide bonds. The molecule has 0 spiro atoms. The maximum Gasteiger partial charge on any atom is 0.339 e. The summed E-state index contributed by atoms with van der Waals surface area (Å²) in [5, 5.41) is 24.0. The van der Waals surface area contributed by atoms with Gasteiger partial charge in [-0.1, -0.05) is 12.1 Å². The van der Waals surface area contributed by atoms with Crippen LogP contribution in [0.3, 0.4) is 0 Å². The molecule has 1 heterocycles. The Hall–Kier alpha value is -2.61. The first-order valence-corrected chi connectivity index (χ1v) is 4.49. The minimum absolute atomic E-state index is 0.0927. The van der Waals surface area contributed by atoms with Crippen LogP contribution in [0.1, 0.15) is 15.9 Å². The number of hydrogen-bond donors (Lipinski definition) is 2. The number of H-pyrrole nitrogens is 1. The number of hydrogen-bond acceptors (Lipinski definition) is 3. The number of aromatic amines is 1. The molecule has 0 aliphatic heterocycles. The minimum Gasteiger partial charge on any atom is -0.478 e. The smallest absolute Gasteiger partial charge is 0.339 e. The molecule has 0 radical (unpaired) electrons. The zero-order valence-corrected chi connectivity index (χ0v) is 8.14. The number of carbonyl (C=O) groups is 1. The Morgan fingerprint density at radius 2 is 2.31 bits per heavy atom. The Kier molecular flexibility index (Phi) is 2.40. The summed E-state index contributed by atoms with van der Waals surface area (Å²) in [6, 6.07) is 8.68. The summed E-state index contributed by atoms with van der Waals surface area (Å²) in [6.07, 6.45) is 1.25. The van der Waals surface area contributed by atoms with E-state index in [1.54, 1.807) is 24.3 Å². The Morgan fingerprint density at radius 3 is 3.00 bits per heavy atom. The summed E-state index contributed by atoms with van der Waals surface area (Å²) in [7, 11) is 0. The molecule has 5 nitrogen and oxygen atoms in total. The highest BCUT2D eigenvalue weighted by atomic mass is 16.4. The molecule has 2 rings (SSSR count). The van der Waals surface area contributed by atoms with Gasteiger partial charge < -0.3 is 5.11 Å². The standard InChI is InChI=1S/C11H7N3O2/c12-5-7-2-1-3-8(4-7)10-9(11(15)16)6-13-14-10/h1-4,6H,(H,13,14)(H,15,16). The number of nitrogens with zero attached hydrogens (tertiary/aromatic N) is 2. The monoisotopic (exact) mass is 213 g/mol. The highest BCUT2D eigenvalue weighted by molar-refractivity contribution is 5.94. The van der Waals surface area contributed by atoms with Crippen molar-refractivity contribution in [1.82, 2.24) is 10.2 Å². The molecule has 1 aromatic carbocycles. The molecule has 1 aromatic heterocycles. The number of nitrogens with one attached hydrogen (secondary N) is 1. The second kappa shape index (κ2) is 3.87. The number of nitriles is 1. The quantitative estimate of drug-likeness (QED) is 0.793. The summed E-state index contributed by atoms with van der Waals surface area (Å²) in [5.74, 6) is -1.05. The highest BCUT2D eigenvalue weighted by Gasteiger charge is 2.13. The topological polar surface area (TPSA) is 89.8 Å². The van der Waals surface area contributed by atoms with E-state index in [2.05, 4.69) is 10.2 Å². The largest absolute Gasteiger partial charge is 0.478 e. The van der Waals surface area contributed by atoms with E-state index >= 15 is 0 Å². The van der Waals surface area contributed by atoms with Crippen LogP contribution in [0.2, 0.25) is 0 Å². The third-order valence-electron chi connectivity index (χ3n) is 2.15. The number of benzene rings is 1. The van der Waals surface area contributed by atoms with Gasteiger partial charge in [0.1, 0.15) is 5.56 Å². The van der Waals surface area contributed by atoms with E-state index in [-0.39, 0.29) is 5.56 Å². The van der Waals surface area contributed by atoms with E-state index in [1.165, 1.54) is 6.20 Å². The van der Waals surface area contributed by atoms with Gasteiger partial charge in [0, 0.05) is 5.56 Å². The summed E-state index contributed by atoms with van der Waals surface area (Å²) in [4.78, 5) is 10.9. The van der Waals surface area contributed by atoms with Crippen LogP contribution in [0.15, 0.2) is 30.5 Å². The van der Waals surface area contributed by atoms with Crippen LogP contribution < -0.4 is 0 Å². The molecule has 0 unspecified atom stereocenters. The SMILES string of the molecule is N#Cc1cccc(-c2[nH]ncc2C(=O)O)c1. The van der Waals surface area contributed by atoms with E-state index in [0.29, 0.717) is 16.8 Å². The third kappa shape index (κ3) is 1.64. The molecule has 0 fully saturated rings. The fourth-order valence-corrected chi connectivity index (χ4v) is 1.41. The van der Waals surface area contributed by atoms with Gasteiger partial charge in [-0.05, 0) is 12.1 Å². The molecule has 0 aliphatic carbocycles. The highest BCUT2D eigenvalue weighted by Crippen LogP contribution is 2.21. The number of aromatic carboxylic acids is 1. The number of rotatable bonds is 2. The van der Waals surface area contributed by atoms with Crippen molar-refractivity contribution < 1.29 is 9.90 Å². The summed E-state index contributed by atoms with van der Waals surface area (Å²) in [6.45, 7) is 0. The van der Waals surface area contributed by atoms with Gasteiger partial charge >= 0.3 is 5.97 Å². The van der Waals surface area contributed by atoms with E-state index in [9.17, 15) is 4.79 Å². The van der Waals surface area contributed by atoms with Crippen molar-refractivity contribution in [2.45, 2.75) is 0 Å². The van der Waals surface area contributed by atoms with Crippen molar-refractivity contribution >= 4 is 5.97 Å². The summed E-state index contributed by atoms with van der Waals surface area (Å²) in [5.41, 5.74) is 1.61. The van der Waals surface area contributed by atoms with Gasteiger partial charge in [-0.15, -0.1) is 0 Å². The Morgan fingerprint density at radius 1 is 1.50 bits per heavy atom. The van der Waals surface area contributed by atoms with E-state index < -0.39 is 5.97 Å². The zero-order valence-electron chi connectivity index (χ0n) is 8.14. The van der Waals surface area contributed by atoms with Crippen molar-refractivity contribution in [3.8, 4) is 17.3 Å². The minimum atomic E-state index is -1.05. The second-order valence-corrected chi connectivity index (χ2v) is 3.16.